The van der Waals surface area contributed by atoms with Gasteiger partial charge < -0.3 is 10.1 Å². The highest BCUT2D eigenvalue weighted by Crippen LogP contribution is 2.48. The molecule has 1 N–H and O–H groups in total. The van der Waals surface area contributed by atoms with Crippen LogP contribution in [0, 0.1) is 29.4 Å². The summed E-state index contributed by atoms with van der Waals surface area (Å²) in [6, 6.07) is 0. The fourth-order valence-electron chi connectivity index (χ4n) is 4.62. The molecule has 180 valence electrons. The smallest absolute Gasteiger partial charge is 0.277 e. The number of carbonyl (C=O) groups excluding carboxylic acids is 1. The van der Waals surface area contributed by atoms with Gasteiger partial charge in [0.15, 0.2) is 0 Å². The van der Waals surface area contributed by atoms with Crippen molar-refractivity contribution in [3.63, 3.8) is 0 Å². The Morgan fingerprint density at radius 1 is 1.06 bits per heavy atom. The molecular formula is C26H42N2O4. The molecule has 0 aliphatic carbocycles. The highest BCUT2D eigenvalue weighted by Gasteiger charge is 2.39. The summed E-state index contributed by atoms with van der Waals surface area (Å²) >= 11 is 0. The van der Waals surface area contributed by atoms with Crippen molar-refractivity contribution in [2.75, 3.05) is 5.32 Å². The second-order valence-corrected chi connectivity index (χ2v) is 10.6. The van der Waals surface area contributed by atoms with Crippen LogP contribution in [0.5, 0.6) is 5.75 Å². The minimum Gasteiger partial charge on any atom is -0.485 e. The summed E-state index contributed by atoms with van der Waals surface area (Å²) in [5, 5.41) is 14.8. The number of carbonyl (C=O) groups is 1. The SMILES string of the molecule is CCCCCCCCCCC(C)(C)C(=O)Nc1c(C)c([N+](=O)[O-])c(C)c2c1OC(C)(C)C2. The molecule has 0 spiro atoms. The average molecular weight is 447 g/mol. The van der Waals surface area contributed by atoms with Crippen molar-refractivity contribution in [1.82, 2.24) is 0 Å². The Labute approximate surface area is 193 Å². The number of anilines is 1. The molecule has 1 aromatic carbocycles. The van der Waals surface area contributed by atoms with Gasteiger partial charge in [0.25, 0.3) is 5.69 Å². The Kier molecular flexibility index (Phi) is 8.72. The fourth-order valence-corrected chi connectivity index (χ4v) is 4.62. The summed E-state index contributed by atoms with van der Waals surface area (Å²) in [7, 11) is 0. The van der Waals surface area contributed by atoms with E-state index in [1.54, 1.807) is 13.8 Å². The molecule has 1 aromatic rings. The second-order valence-electron chi connectivity index (χ2n) is 10.6. The zero-order valence-electron chi connectivity index (χ0n) is 21.2. The van der Waals surface area contributed by atoms with E-state index in [0.29, 0.717) is 29.0 Å². The summed E-state index contributed by atoms with van der Waals surface area (Å²) in [4.78, 5) is 24.6. The second kappa shape index (κ2) is 10.7. The minimum atomic E-state index is -0.560. The normalized spacial score (nSPS) is 14.7. The molecule has 0 radical (unpaired) electrons. The number of benzene rings is 1. The highest BCUT2D eigenvalue weighted by atomic mass is 16.6. The predicted octanol–water partition coefficient (Wildman–Crippen LogP) is 7.42. The van der Waals surface area contributed by atoms with Gasteiger partial charge in [-0.1, -0.05) is 72.1 Å². The molecule has 0 fully saturated rings. The van der Waals surface area contributed by atoms with E-state index in [1.165, 1.54) is 38.5 Å². The number of nitro groups is 1. The standard InChI is InChI=1S/C26H42N2O4/c1-8-9-10-11-12-13-14-15-16-25(4,5)24(29)27-21-19(3)22(28(30)31)18(2)20-17-26(6,7)32-23(20)21/h8-17H2,1-7H3,(H,27,29). The van der Waals surface area contributed by atoms with E-state index in [2.05, 4.69) is 12.2 Å². The molecule has 1 aliphatic rings. The molecule has 6 heteroatoms. The maximum Gasteiger partial charge on any atom is 0.277 e. The number of nitrogens with zero attached hydrogens (tertiary/aromatic N) is 1. The molecule has 0 saturated carbocycles. The van der Waals surface area contributed by atoms with Crippen LogP contribution in [0.2, 0.25) is 0 Å². The Bertz CT molecular complexity index is 843. The molecule has 1 amide bonds. The van der Waals surface area contributed by atoms with Gasteiger partial charge in [0, 0.05) is 23.0 Å². The molecule has 1 heterocycles. The zero-order valence-corrected chi connectivity index (χ0v) is 21.2. The molecule has 0 saturated heterocycles. The van der Waals surface area contributed by atoms with Gasteiger partial charge in [-0.15, -0.1) is 0 Å². The number of hydrogen-bond donors (Lipinski definition) is 1. The first-order chi connectivity index (χ1) is 14.9. The van der Waals surface area contributed by atoms with Crippen LogP contribution in [0.4, 0.5) is 11.4 Å². The molecule has 1 aliphatic heterocycles. The first-order valence-electron chi connectivity index (χ1n) is 12.2. The molecule has 2 rings (SSSR count). The van der Waals surface area contributed by atoms with Crippen LogP contribution in [0.15, 0.2) is 0 Å². The van der Waals surface area contributed by atoms with E-state index in [4.69, 9.17) is 4.74 Å². The van der Waals surface area contributed by atoms with Gasteiger partial charge in [-0.2, -0.15) is 0 Å². The maximum atomic E-state index is 13.2. The Hall–Kier alpha value is -2.11. The number of nitro benzene ring substituents is 1. The van der Waals surface area contributed by atoms with Crippen LogP contribution in [0.3, 0.4) is 0 Å². The first-order valence-corrected chi connectivity index (χ1v) is 12.2. The van der Waals surface area contributed by atoms with Crippen molar-refractivity contribution in [1.29, 1.82) is 0 Å². The number of amides is 1. The monoisotopic (exact) mass is 446 g/mol. The van der Waals surface area contributed by atoms with Gasteiger partial charge in [0.05, 0.1) is 16.2 Å². The Morgan fingerprint density at radius 2 is 1.62 bits per heavy atom. The van der Waals surface area contributed by atoms with Crippen LogP contribution >= 0.6 is 0 Å². The van der Waals surface area contributed by atoms with Gasteiger partial charge in [-0.3, -0.25) is 14.9 Å². The first kappa shape index (κ1) is 26.1. The van der Waals surface area contributed by atoms with Crippen molar-refractivity contribution in [3.8, 4) is 5.75 Å². The number of unbranched alkanes of at least 4 members (excludes halogenated alkanes) is 7. The molecular weight excluding hydrogens is 404 g/mol. The number of ether oxygens (including phenoxy) is 1. The molecule has 0 atom stereocenters. The summed E-state index contributed by atoms with van der Waals surface area (Å²) in [6.07, 6.45) is 11.2. The van der Waals surface area contributed by atoms with Crippen molar-refractivity contribution >= 4 is 17.3 Å². The summed E-state index contributed by atoms with van der Waals surface area (Å²) in [6.45, 7) is 13.5. The quantitative estimate of drug-likeness (QED) is 0.206. The molecule has 0 bridgehead atoms. The topological polar surface area (TPSA) is 81.5 Å². The van der Waals surface area contributed by atoms with E-state index < -0.39 is 11.0 Å². The van der Waals surface area contributed by atoms with Crippen LogP contribution in [-0.4, -0.2) is 16.4 Å². The summed E-state index contributed by atoms with van der Waals surface area (Å²) in [5.41, 5.74) is 1.42. The summed E-state index contributed by atoms with van der Waals surface area (Å²) in [5.74, 6) is 0.476. The lowest BCUT2D eigenvalue weighted by Crippen LogP contribution is -2.31. The van der Waals surface area contributed by atoms with E-state index in [-0.39, 0.29) is 16.5 Å². The van der Waals surface area contributed by atoms with Gasteiger partial charge in [-0.05, 0) is 34.1 Å². The molecule has 0 aromatic heterocycles. The van der Waals surface area contributed by atoms with Crippen molar-refractivity contribution in [3.05, 3.63) is 26.8 Å². The third-order valence-electron chi connectivity index (χ3n) is 6.71. The lowest BCUT2D eigenvalue weighted by atomic mass is 9.85. The van der Waals surface area contributed by atoms with Gasteiger partial charge in [0.2, 0.25) is 5.91 Å². The molecule has 6 nitrogen and oxygen atoms in total. The highest BCUT2D eigenvalue weighted by molar-refractivity contribution is 5.98. The van der Waals surface area contributed by atoms with Crippen molar-refractivity contribution in [2.24, 2.45) is 5.41 Å². The third kappa shape index (κ3) is 6.23. The van der Waals surface area contributed by atoms with E-state index in [1.807, 2.05) is 27.7 Å². The van der Waals surface area contributed by atoms with Crippen LogP contribution in [0.25, 0.3) is 0 Å². The Balaban J connectivity index is 2.10. The Morgan fingerprint density at radius 3 is 2.19 bits per heavy atom. The third-order valence-corrected chi connectivity index (χ3v) is 6.71. The summed E-state index contributed by atoms with van der Waals surface area (Å²) < 4.78 is 6.15. The van der Waals surface area contributed by atoms with Gasteiger partial charge in [0.1, 0.15) is 11.4 Å². The lowest BCUT2D eigenvalue weighted by Gasteiger charge is -2.25. The fraction of sp³-hybridized carbons (Fsp3) is 0.731. The number of hydrogen-bond acceptors (Lipinski definition) is 4. The van der Waals surface area contributed by atoms with Gasteiger partial charge in [-0.25, -0.2) is 0 Å². The van der Waals surface area contributed by atoms with Gasteiger partial charge >= 0.3 is 0 Å². The molecule has 32 heavy (non-hydrogen) atoms. The zero-order chi connectivity index (χ0) is 24.1. The predicted molar refractivity (Wildman–Crippen MR) is 131 cm³/mol. The van der Waals surface area contributed by atoms with E-state index in [9.17, 15) is 14.9 Å². The lowest BCUT2D eigenvalue weighted by molar-refractivity contribution is -0.386. The van der Waals surface area contributed by atoms with E-state index >= 15 is 0 Å². The average Bonchev–Trinajstić information content (AvgIpc) is 3.02. The van der Waals surface area contributed by atoms with Crippen molar-refractivity contribution in [2.45, 2.75) is 118 Å². The maximum absolute atomic E-state index is 13.2. The largest absolute Gasteiger partial charge is 0.485 e. The molecule has 0 unspecified atom stereocenters. The van der Waals surface area contributed by atoms with Crippen LogP contribution < -0.4 is 10.1 Å². The minimum absolute atomic E-state index is 0.0706. The number of rotatable bonds is 12. The van der Waals surface area contributed by atoms with E-state index in [0.717, 1.165) is 24.8 Å². The number of fused-ring (bicyclic) bond motifs is 1. The number of nitrogens with one attached hydrogen (secondary N) is 1. The van der Waals surface area contributed by atoms with Crippen LogP contribution in [0.1, 0.15) is 109 Å². The van der Waals surface area contributed by atoms with Crippen molar-refractivity contribution < 1.29 is 14.5 Å². The van der Waals surface area contributed by atoms with Crippen LogP contribution in [-0.2, 0) is 11.2 Å².